The van der Waals surface area contributed by atoms with Gasteiger partial charge in [0.2, 0.25) is 0 Å². The van der Waals surface area contributed by atoms with E-state index >= 15 is 0 Å². The second kappa shape index (κ2) is 5.27. The Morgan fingerprint density at radius 2 is 2.11 bits per heavy atom. The van der Waals surface area contributed by atoms with E-state index in [1.54, 1.807) is 6.07 Å². The molecule has 0 saturated heterocycles. The molecule has 0 spiro atoms. The molecule has 6 nitrogen and oxygen atoms in total. The molecule has 0 radical (unpaired) electrons. The zero-order chi connectivity index (χ0) is 14.0. The topological polar surface area (TPSA) is 110 Å². The minimum atomic E-state index is -1.11. The largest absolute Gasteiger partial charge is 0.504 e. The molecule has 0 aliphatic heterocycles. The molecule has 1 atom stereocenters. The summed E-state index contributed by atoms with van der Waals surface area (Å²) in [6, 6.07) is 3.36. The number of carbonyl (C=O) groups excluding carboxylic acids is 1. The summed E-state index contributed by atoms with van der Waals surface area (Å²) >= 11 is 0. The number of rotatable bonds is 5. The van der Waals surface area contributed by atoms with Crippen molar-refractivity contribution in [3.8, 4) is 11.5 Å². The van der Waals surface area contributed by atoms with Crippen molar-refractivity contribution in [1.29, 1.82) is 0 Å². The third-order valence-electron chi connectivity index (χ3n) is 2.92. The minimum absolute atomic E-state index is 0.0560. The molecule has 19 heavy (non-hydrogen) atoms. The molecular weight excluding hydrogens is 250 g/mol. The highest BCUT2D eigenvalue weighted by Crippen LogP contribution is 2.33. The van der Waals surface area contributed by atoms with Crippen LogP contribution in [0.25, 0.3) is 0 Å². The summed E-state index contributed by atoms with van der Waals surface area (Å²) in [5, 5.41) is 18.4. The van der Waals surface area contributed by atoms with E-state index in [4.69, 9.17) is 15.6 Å². The van der Waals surface area contributed by atoms with E-state index in [9.17, 15) is 14.7 Å². The second-order valence-electron chi connectivity index (χ2n) is 4.65. The predicted molar refractivity (Wildman–Crippen MR) is 65.8 cm³/mol. The molecule has 1 fully saturated rings. The summed E-state index contributed by atoms with van der Waals surface area (Å²) in [4.78, 5) is 22.1. The molecule has 0 unspecified atom stereocenters. The number of ether oxygens (including phenoxy) is 1. The first-order chi connectivity index (χ1) is 8.97. The van der Waals surface area contributed by atoms with Crippen LogP contribution in [0.5, 0.6) is 11.5 Å². The van der Waals surface area contributed by atoms with Crippen LogP contribution in [-0.2, 0) is 16.0 Å². The number of carboxylic acid groups (broad SMARTS) is 1. The van der Waals surface area contributed by atoms with Crippen molar-refractivity contribution in [2.24, 2.45) is 11.7 Å². The maximum atomic E-state index is 11.4. The number of nitrogens with two attached hydrogens (primary N) is 1. The number of aromatic hydroxyl groups is 1. The van der Waals surface area contributed by atoms with Gasteiger partial charge in [-0.2, -0.15) is 0 Å². The molecule has 4 N–H and O–H groups in total. The highest BCUT2D eigenvalue weighted by molar-refractivity contribution is 5.78. The van der Waals surface area contributed by atoms with E-state index in [1.807, 2.05) is 0 Å². The average Bonchev–Trinajstić information content (AvgIpc) is 3.16. The maximum Gasteiger partial charge on any atom is 0.320 e. The van der Waals surface area contributed by atoms with E-state index in [0.29, 0.717) is 5.56 Å². The van der Waals surface area contributed by atoms with Gasteiger partial charge in [-0.25, -0.2) is 0 Å². The van der Waals surface area contributed by atoms with Crippen molar-refractivity contribution in [1.82, 2.24) is 0 Å². The fourth-order valence-electron chi connectivity index (χ4n) is 1.63. The normalized spacial score (nSPS) is 15.8. The zero-order valence-corrected chi connectivity index (χ0v) is 10.2. The highest BCUT2D eigenvalue weighted by atomic mass is 16.5. The summed E-state index contributed by atoms with van der Waals surface area (Å²) in [5.41, 5.74) is 5.97. The van der Waals surface area contributed by atoms with Crippen molar-refractivity contribution in [2.45, 2.75) is 25.3 Å². The van der Waals surface area contributed by atoms with E-state index < -0.39 is 12.0 Å². The summed E-state index contributed by atoms with van der Waals surface area (Å²) < 4.78 is 5.04. The maximum absolute atomic E-state index is 11.4. The van der Waals surface area contributed by atoms with Gasteiger partial charge in [-0.15, -0.1) is 0 Å². The third kappa shape index (κ3) is 3.45. The Hall–Kier alpha value is -2.08. The zero-order valence-electron chi connectivity index (χ0n) is 10.2. The Bertz CT molecular complexity index is 510. The Balaban J connectivity index is 2.03. The molecular formula is C13H15NO5. The van der Waals surface area contributed by atoms with Gasteiger partial charge in [-0.1, -0.05) is 6.07 Å². The number of carbonyl (C=O) groups is 2. The van der Waals surface area contributed by atoms with E-state index in [0.717, 1.165) is 12.8 Å². The number of esters is 1. The van der Waals surface area contributed by atoms with E-state index in [-0.39, 0.29) is 29.8 Å². The lowest BCUT2D eigenvalue weighted by molar-refractivity contribution is -0.138. The van der Waals surface area contributed by atoms with Crippen LogP contribution in [0.2, 0.25) is 0 Å². The van der Waals surface area contributed by atoms with Crippen LogP contribution >= 0.6 is 0 Å². The lowest BCUT2D eigenvalue weighted by Gasteiger charge is -2.09. The monoisotopic (exact) mass is 265 g/mol. The lowest BCUT2D eigenvalue weighted by Crippen LogP contribution is -2.32. The molecule has 6 heteroatoms. The molecule has 0 amide bonds. The summed E-state index contributed by atoms with van der Waals surface area (Å²) in [6.45, 7) is 0. The second-order valence-corrected chi connectivity index (χ2v) is 4.65. The fourth-order valence-corrected chi connectivity index (χ4v) is 1.63. The standard InChI is InChI=1S/C13H15NO5/c14-9(12(16)17)5-7-1-4-11(10(15)6-7)19-13(18)8-2-3-8/h1,4,6,8-9,15H,2-3,5,14H2,(H,16,17)/t9-/m0/s1. The van der Waals surface area contributed by atoms with E-state index in [1.165, 1.54) is 12.1 Å². The van der Waals surface area contributed by atoms with Gasteiger partial charge in [-0.05, 0) is 37.0 Å². The number of carboxylic acids is 1. The van der Waals surface area contributed by atoms with Crippen molar-refractivity contribution >= 4 is 11.9 Å². The van der Waals surface area contributed by atoms with Crippen LogP contribution in [0, 0.1) is 5.92 Å². The van der Waals surface area contributed by atoms with Gasteiger partial charge in [0, 0.05) is 0 Å². The molecule has 1 saturated carbocycles. The molecule has 1 aliphatic rings. The van der Waals surface area contributed by atoms with Gasteiger partial charge in [0.1, 0.15) is 6.04 Å². The first-order valence-corrected chi connectivity index (χ1v) is 5.99. The van der Waals surface area contributed by atoms with Crippen LogP contribution < -0.4 is 10.5 Å². The van der Waals surface area contributed by atoms with Gasteiger partial charge in [-0.3, -0.25) is 9.59 Å². The van der Waals surface area contributed by atoms with Gasteiger partial charge in [0.05, 0.1) is 5.92 Å². The Labute approximate surface area is 109 Å². The smallest absolute Gasteiger partial charge is 0.320 e. The highest BCUT2D eigenvalue weighted by Gasteiger charge is 2.32. The fraction of sp³-hybridized carbons (Fsp3) is 0.385. The van der Waals surface area contributed by atoms with Gasteiger partial charge in [0.25, 0.3) is 0 Å². The van der Waals surface area contributed by atoms with E-state index in [2.05, 4.69) is 0 Å². The van der Waals surface area contributed by atoms with Crippen LogP contribution in [-0.4, -0.2) is 28.2 Å². The average molecular weight is 265 g/mol. The number of hydrogen-bond donors (Lipinski definition) is 3. The van der Waals surface area contributed by atoms with Crippen LogP contribution in [0.4, 0.5) is 0 Å². The van der Waals surface area contributed by atoms with Crippen molar-refractivity contribution < 1.29 is 24.5 Å². The number of benzene rings is 1. The summed E-state index contributed by atoms with van der Waals surface area (Å²) in [6.07, 6.45) is 1.75. The van der Waals surface area contributed by atoms with Gasteiger partial charge < -0.3 is 20.7 Å². The first kappa shape index (κ1) is 13.4. The quantitative estimate of drug-likeness (QED) is 0.533. The Kier molecular flexibility index (Phi) is 3.71. The van der Waals surface area contributed by atoms with Crippen molar-refractivity contribution in [2.75, 3.05) is 0 Å². The number of aliphatic carboxylic acids is 1. The first-order valence-electron chi connectivity index (χ1n) is 5.99. The molecule has 2 rings (SSSR count). The summed E-state index contributed by atoms with van der Waals surface area (Å²) in [7, 11) is 0. The number of hydrogen-bond acceptors (Lipinski definition) is 5. The molecule has 0 bridgehead atoms. The third-order valence-corrected chi connectivity index (χ3v) is 2.92. The molecule has 1 aromatic carbocycles. The van der Waals surface area contributed by atoms with Gasteiger partial charge >= 0.3 is 11.9 Å². The number of phenols is 1. The number of phenolic OH excluding ortho intramolecular Hbond substituents is 1. The Morgan fingerprint density at radius 1 is 1.42 bits per heavy atom. The van der Waals surface area contributed by atoms with Crippen molar-refractivity contribution in [3.63, 3.8) is 0 Å². The van der Waals surface area contributed by atoms with Crippen LogP contribution in [0.3, 0.4) is 0 Å². The van der Waals surface area contributed by atoms with Crippen LogP contribution in [0.1, 0.15) is 18.4 Å². The predicted octanol–water partition coefficient (Wildman–Crippen LogP) is 0.662. The van der Waals surface area contributed by atoms with Gasteiger partial charge in [0.15, 0.2) is 11.5 Å². The lowest BCUT2D eigenvalue weighted by atomic mass is 10.1. The molecule has 0 heterocycles. The molecule has 0 aromatic heterocycles. The molecule has 1 aliphatic carbocycles. The van der Waals surface area contributed by atoms with Crippen molar-refractivity contribution in [3.05, 3.63) is 23.8 Å². The van der Waals surface area contributed by atoms with Crippen LogP contribution in [0.15, 0.2) is 18.2 Å². The Morgan fingerprint density at radius 3 is 2.63 bits per heavy atom. The molecule has 102 valence electrons. The minimum Gasteiger partial charge on any atom is -0.504 e. The SMILES string of the molecule is N[C@@H](Cc1ccc(OC(=O)C2CC2)c(O)c1)C(=O)O. The summed E-state index contributed by atoms with van der Waals surface area (Å²) in [5.74, 6) is -1.61. The molecule has 1 aromatic rings.